The van der Waals surface area contributed by atoms with E-state index >= 15 is 0 Å². The second-order valence-electron chi connectivity index (χ2n) is 5.50. The van der Waals surface area contributed by atoms with Crippen molar-refractivity contribution in [3.63, 3.8) is 0 Å². The van der Waals surface area contributed by atoms with Crippen LogP contribution in [0, 0.1) is 19.7 Å². The first-order valence-electron chi connectivity index (χ1n) is 6.84. The first-order chi connectivity index (χ1) is 9.49. The lowest BCUT2D eigenvalue weighted by Gasteiger charge is -2.36. The lowest BCUT2D eigenvalue weighted by Crippen LogP contribution is -2.34. The van der Waals surface area contributed by atoms with Crippen molar-refractivity contribution in [2.45, 2.75) is 38.7 Å². The van der Waals surface area contributed by atoms with Crippen molar-refractivity contribution in [1.29, 1.82) is 0 Å². The average molecular weight is 272 g/mol. The van der Waals surface area contributed by atoms with Crippen molar-refractivity contribution < 1.29 is 9.50 Å². The van der Waals surface area contributed by atoms with Crippen LogP contribution in [-0.2, 0) is 5.60 Å². The molecule has 2 aromatic heterocycles. The molecule has 0 amide bonds. The molecule has 1 saturated carbocycles. The summed E-state index contributed by atoms with van der Waals surface area (Å²) in [4.78, 5) is 8.71. The van der Waals surface area contributed by atoms with E-state index in [1.54, 1.807) is 18.2 Å². The molecule has 2 aromatic rings. The van der Waals surface area contributed by atoms with Crippen LogP contribution in [0.1, 0.15) is 36.3 Å². The second kappa shape index (κ2) is 4.63. The molecule has 0 saturated heterocycles. The molecule has 0 atom stereocenters. The quantitative estimate of drug-likeness (QED) is 0.912. The highest BCUT2D eigenvalue weighted by Crippen LogP contribution is 2.40. The first kappa shape index (κ1) is 13.2. The molecule has 1 aliphatic rings. The Morgan fingerprint density at radius 2 is 1.85 bits per heavy atom. The Balaban J connectivity index is 2.05. The van der Waals surface area contributed by atoms with Crippen LogP contribution in [0.5, 0.6) is 0 Å². The molecule has 3 rings (SSSR count). The van der Waals surface area contributed by atoms with Crippen LogP contribution in [0.4, 0.5) is 4.39 Å². The van der Waals surface area contributed by atoms with Gasteiger partial charge in [-0.15, -0.1) is 0 Å². The molecule has 20 heavy (non-hydrogen) atoms. The van der Waals surface area contributed by atoms with Crippen LogP contribution in [0.25, 0.3) is 11.3 Å². The summed E-state index contributed by atoms with van der Waals surface area (Å²) in [6, 6.07) is 6.65. The van der Waals surface area contributed by atoms with Gasteiger partial charge in [0.05, 0.1) is 5.69 Å². The van der Waals surface area contributed by atoms with Crippen LogP contribution >= 0.6 is 0 Å². The number of hydrogen-bond donors (Lipinski definition) is 1. The van der Waals surface area contributed by atoms with E-state index in [0.717, 1.165) is 25.0 Å². The molecule has 3 nitrogen and oxygen atoms in total. The van der Waals surface area contributed by atoms with E-state index in [9.17, 15) is 9.50 Å². The zero-order valence-corrected chi connectivity index (χ0v) is 11.7. The number of aliphatic hydroxyl groups is 1. The van der Waals surface area contributed by atoms with Crippen LogP contribution in [-0.4, -0.2) is 15.1 Å². The molecule has 2 heterocycles. The van der Waals surface area contributed by atoms with Gasteiger partial charge in [0.1, 0.15) is 17.1 Å². The lowest BCUT2D eigenvalue weighted by atomic mass is 9.77. The van der Waals surface area contributed by atoms with Gasteiger partial charge in [-0.1, -0.05) is 0 Å². The van der Waals surface area contributed by atoms with Gasteiger partial charge in [-0.05, 0) is 57.4 Å². The highest BCUT2D eigenvalue weighted by atomic mass is 19.1. The Morgan fingerprint density at radius 1 is 1.10 bits per heavy atom. The van der Waals surface area contributed by atoms with Crippen LogP contribution in [0.15, 0.2) is 24.3 Å². The third-order valence-corrected chi connectivity index (χ3v) is 3.98. The molecular formula is C16H17FN2O. The van der Waals surface area contributed by atoms with Gasteiger partial charge >= 0.3 is 0 Å². The van der Waals surface area contributed by atoms with Gasteiger partial charge in [-0.2, -0.15) is 0 Å². The van der Waals surface area contributed by atoms with E-state index in [-0.39, 0.29) is 5.82 Å². The maximum atomic E-state index is 13.9. The Labute approximate surface area is 117 Å². The summed E-state index contributed by atoms with van der Waals surface area (Å²) in [5.74, 6) is -0.351. The van der Waals surface area contributed by atoms with Crippen molar-refractivity contribution >= 4 is 0 Å². The molecule has 0 spiro atoms. The molecule has 0 radical (unpaired) electrons. The normalized spacial score (nSPS) is 16.8. The number of aryl methyl sites for hydroxylation is 2. The van der Waals surface area contributed by atoms with Crippen molar-refractivity contribution in [3.8, 4) is 11.3 Å². The van der Waals surface area contributed by atoms with E-state index in [1.165, 1.54) is 6.07 Å². The smallest absolute Gasteiger partial charge is 0.149 e. The highest BCUT2D eigenvalue weighted by Gasteiger charge is 2.37. The monoisotopic (exact) mass is 272 g/mol. The minimum absolute atomic E-state index is 0.321. The summed E-state index contributed by atoms with van der Waals surface area (Å²) in [5.41, 5.74) is 2.35. The molecule has 0 bridgehead atoms. The van der Waals surface area contributed by atoms with Gasteiger partial charge in [0, 0.05) is 17.0 Å². The maximum absolute atomic E-state index is 13.9. The zero-order valence-electron chi connectivity index (χ0n) is 11.7. The van der Waals surface area contributed by atoms with E-state index in [2.05, 4.69) is 9.97 Å². The number of aromatic nitrogens is 2. The highest BCUT2D eigenvalue weighted by molar-refractivity contribution is 5.62. The van der Waals surface area contributed by atoms with E-state index in [0.29, 0.717) is 22.6 Å². The third-order valence-electron chi connectivity index (χ3n) is 3.98. The van der Waals surface area contributed by atoms with Crippen molar-refractivity contribution in [3.05, 3.63) is 47.2 Å². The molecule has 1 aliphatic carbocycles. The fraction of sp³-hybridized carbons (Fsp3) is 0.375. The van der Waals surface area contributed by atoms with Gasteiger partial charge in [-0.3, -0.25) is 4.98 Å². The van der Waals surface area contributed by atoms with E-state index < -0.39 is 5.60 Å². The molecule has 1 fully saturated rings. The summed E-state index contributed by atoms with van der Waals surface area (Å²) in [5, 5.41) is 10.3. The molecule has 4 heteroatoms. The SMILES string of the molecule is Cc1ccc(F)c(-c2ccc(C3(O)CCC3)nc2C)n1. The Morgan fingerprint density at radius 3 is 2.45 bits per heavy atom. The average Bonchev–Trinajstić information content (AvgIpc) is 2.39. The number of hydrogen-bond acceptors (Lipinski definition) is 3. The summed E-state index contributed by atoms with van der Waals surface area (Å²) in [6.07, 6.45) is 2.51. The Bertz CT molecular complexity index is 666. The van der Waals surface area contributed by atoms with Gasteiger partial charge in [0.15, 0.2) is 0 Å². The molecule has 1 N–H and O–H groups in total. The number of halogens is 1. The lowest BCUT2D eigenvalue weighted by molar-refractivity contribution is -0.0427. The van der Waals surface area contributed by atoms with E-state index in [4.69, 9.17) is 0 Å². The maximum Gasteiger partial charge on any atom is 0.149 e. The van der Waals surface area contributed by atoms with Gasteiger partial charge in [0.25, 0.3) is 0 Å². The van der Waals surface area contributed by atoms with Crippen molar-refractivity contribution in [1.82, 2.24) is 9.97 Å². The molecular weight excluding hydrogens is 255 g/mol. The topological polar surface area (TPSA) is 46.0 Å². The minimum Gasteiger partial charge on any atom is -0.384 e. The number of nitrogens with zero attached hydrogens (tertiary/aromatic N) is 2. The zero-order chi connectivity index (χ0) is 14.3. The van der Waals surface area contributed by atoms with Crippen LogP contribution < -0.4 is 0 Å². The van der Waals surface area contributed by atoms with Gasteiger partial charge in [-0.25, -0.2) is 9.37 Å². The molecule has 0 aliphatic heterocycles. The van der Waals surface area contributed by atoms with Crippen molar-refractivity contribution in [2.24, 2.45) is 0 Å². The standard InChI is InChI=1S/C16H17FN2O/c1-10-4-6-13(17)15(18-10)12-5-7-14(19-11(12)2)16(20)8-3-9-16/h4-7,20H,3,8-9H2,1-2H3. The largest absolute Gasteiger partial charge is 0.384 e. The number of pyridine rings is 2. The van der Waals surface area contributed by atoms with E-state index in [1.807, 2.05) is 13.8 Å². The summed E-state index contributed by atoms with van der Waals surface area (Å²) in [7, 11) is 0. The summed E-state index contributed by atoms with van der Waals surface area (Å²) >= 11 is 0. The first-order valence-corrected chi connectivity index (χ1v) is 6.84. The van der Waals surface area contributed by atoms with Gasteiger partial charge in [0.2, 0.25) is 0 Å². The third kappa shape index (κ3) is 2.10. The fourth-order valence-corrected chi connectivity index (χ4v) is 2.57. The molecule has 104 valence electrons. The van der Waals surface area contributed by atoms with Crippen LogP contribution in [0.3, 0.4) is 0 Å². The summed E-state index contributed by atoms with van der Waals surface area (Å²) in [6.45, 7) is 3.65. The Kier molecular flexibility index (Phi) is 3.05. The number of rotatable bonds is 2. The van der Waals surface area contributed by atoms with Crippen LogP contribution in [0.2, 0.25) is 0 Å². The van der Waals surface area contributed by atoms with Gasteiger partial charge < -0.3 is 5.11 Å². The fourth-order valence-electron chi connectivity index (χ4n) is 2.57. The predicted molar refractivity (Wildman–Crippen MR) is 74.6 cm³/mol. The molecule has 0 aromatic carbocycles. The second-order valence-corrected chi connectivity index (χ2v) is 5.50. The minimum atomic E-state index is -0.790. The Hall–Kier alpha value is -1.81. The van der Waals surface area contributed by atoms with Crippen molar-refractivity contribution in [2.75, 3.05) is 0 Å². The summed E-state index contributed by atoms with van der Waals surface area (Å²) < 4.78 is 13.9. The predicted octanol–water partition coefficient (Wildman–Crippen LogP) is 3.27. The molecule has 0 unspecified atom stereocenters.